The molecule has 9 nitrogen and oxygen atoms in total. The molecule has 10 heteroatoms. The number of aliphatic carboxylic acids is 1. The molecule has 3 rings (SSSR count). The Morgan fingerprint density at radius 2 is 1.78 bits per heavy atom. The Kier molecular flexibility index (Phi) is 9.69. The van der Waals surface area contributed by atoms with Crippen molar-refractivity contribution in [3.8, 4) is 0 Å². The maximum atomic E-state index is 12.9. The summed E-state index contributed by atoms with van der Waals surface area (Å²) in [4.78, 5) is 37.2. The van der Waals surface area contributed by atoms with Crippen LogP contribution >= 0.6 is 15.9 Å². The van der Waals surface area contributed by atoms with E-state index in [1.807, 2.05) is 25.1 Å². The molecule has 0 aliphatic carbocycles. The summed E-state index contributed by atoms with van der Waals surface area (Å²) in [5.41, 5.74) is 3.76. The molecule has 1 aliphatic rings. The van der Waals surface area contributed by atoms with E-state index in [0.717, 1.165) is 40.8 Å². The van der Waals surface area contributed by atoms with Gasteiger partial charge in [0.05, 0.1) is 19.0 Å². The third-order valence-corrected chi connectivity index (χ3v) is 6.57. The fraction of sp³-hybridized carbons (Fsp3) is 0.444. The normalized spacial score (nSPS) is 14.7. The van der Waals surface area contributed by atoms with Crippen LogP contribution in [0.2, 0.25) is 0 Å². The number of amides is 2. The Balaban J connectivity index is 1.69. The lowest BCUT2D eigenvalue weighted by atomic mass is 9.85. The lowest BCUT2D eigenvalue weighted by Crippen LogP contribution is -2.40. The van der Waals surface area contributed by atoms with Gasteiger partial charge in [0, 0.05) is 28.8 Å². The van der Waals surface area contributed by atoms with Crippen LogP contribution in [0.5, 0.6) is 0 Å². The zero-order valence-electron chi connectivity index (χ0n) is 21.7. The molecule has 6 N–H and O–H groups in total. The molecular formula is C27H36BrN5O4. The highest BCUT2D eigenvalue weighted by molar-refractivity contribution is 9.10. The van der Waals surface area contributed by atoms with E-state index < -0.39 is 17.9 Å². The van der Waals surface area contributed by atoms with E-state index in [0.29, 0.717) is 11.1 Å². The van der Waals surface area contributed by atoms with Crippen molar-refractivity contribution in [3.63, 3.8) is 0 Å². The first-order valence-electron chi connectivity index (χ1n) is 12.4. The summed E-state index contributed by atoms with van der Waals surface area (Å²) in [6.45, 7) is 9.63. The number of hydrogen-bond acceptors (Lipinski definition) is 6. The number of benzene rings is 2. The van der Waals surface area contributed by atoms with Gasteiger partial charge in [-0.2, -0.15) is 0 Å². The number of aryl methyl sites for hydroxylation is 1. The smallest absolute Gasteiger partial charge is 0.305 e. The molecule has 0 aromatic heterocycles. The van der Waals surface area contributed by atoms with Gasteiger partial charge in [-0.25, -0.2) is 0 Å². The maximum absolute atomic E-state index is 12.9. The average Bonchev–Trinajstić information content (AvgIpc) is 3.33. The molecule has 2 aromatic carbocycles. The molecule has 0 saturated carbocycles. The quantitative estimate of drug-likeness (QED) is 0.257. The molecule has 200 valence electrons. The van der Waals surface area contributed by atoms with E-state index in [-0.39, 0.29) is 30.6 Å². The van der Waals surface area contributed by atoms with E-state index in [1.54, 1.807) is 18.2 Å². The SMILES string of the molecule is CCc1cc(NC2NCCN2)cc(C(=O)NCC(=O)N[C@@H](CC(=O)O)c2cc(Br)cc(C(C)(C)C)c2)c1. The highest BCUT2D eigenvalue weighted by Gasteiger charge is 2.22. The second-order valence-corrected chi connectivity index (χ2v) is 11.1. The van der Waals surface area contributed by atoms with E-state index >= 15 is 0 Å². The van der Waals surface area contributed by atoms with Crippen LogP contribution in [0.4, 0.5) is 5.69 Å². The number of hydrogen-bond donors (Lipinski definition) is 6. The summed E-state index contributed by atoms with van der Waals surface area (Å²) in [5, 5.41) is 24.7. The van der Waals surface area contributed by atoms with Crippen molar-refractivity contribution in [3.05, 3.63) is 63.1 Å². The first-order valence-corrected chi connectivity index (χ1v) is 13.2. The van der Waals surface area contributed by atoms with Crippen LogP contribution in [0.15, 0.2) is 40.9 Å². The number of carboxylic acids is 1. The molecular weight excluding hydrogens is 538 g/mol. The molecule has 1 atom stereocenters. The zero-order chi connectivity index (χ0) is 27.2. The lowest BCUT2D eigenvalue weighted by molar-refractivity contribution is -0.137. The van der Waals surface area contributed by atoms with Gasteiger partial charge in [-0.15, -0.1) is 0 Å². The second-order valence-electron chi connectivity index (χ2n) is 10.2. The zero-order valence-corrected chi connectivity index (χ0v) is 23.3. The summed E-state index contributed by atoms with van der Waals surface area (Å²) in [5.74, 6) is -1.89. The molecule has 1 heterocycles. The van der Waals surface area contributed by atoms with E-state index in [1.165, 1.54) is 0 Å². The third kappa shape index (κ3) is 8.55. The summed E-state index contributed by atoms with van der Waals surface area (Å²) in [7, 11) is 0. The Hall–Kier alpha value is -2.95. The molecule has 2 amide bonds. The Morgan fingerprint density at radius 3 is 2.41 bits per heavy atom. The Bertz CT molecular complexity index is 1140. The minimum absolute atomic E-state index is 0.0724. The van der Waals surface area contributed by atoms with Crippen molar-refractivity contribution in [2.24, 2.45) is 0 Å². The van der Waals surface area contributed by atoms with Crippen molar-refractivity contribution in [1.29, 1.82) is 0 Å². The summed E-state index contributed by atoms with van der Waals surface area (Å²) in [6, 6.07) is 10.5. The monoisotopic (exact) mass is 573 g/mol. The number of nitrogens with one attached hydrogen (secondary N) is 5. The highest BCUT2D eigenvalue weighted by Crippen LogP contribution is 2.30. The van der Waals surface area contributed by atoms with Crippen LogP contribution in [0.25, 0.3) is 0 Å². The molecule has 0 unspecified atom stereocenters. The number of carbonyl (C=O) groups excluding carboxylic acids is 2. The molecule has 1 saturated heterocycles. The number of anilines is 1. The standard InChI is InChI=1S/C27H36BrN5O4/c1-5-16-8-18(12-21(9-16)32-26-29-6-7-30-26)25(37)31-15-23(34)33-22(14-24(35)36)17-10-19(27(2,3)4)13-20(28)11-17/h8-13,22,26,29-30,32H,5-7,14-15H2,1-4H3,(H,31,37)(H,33,34)(H,35,36)/t22-/m0/s1. The average molecular weight is 575 g/mol. The summed E-state index contributed by atoms with van der Waals surface area (Å²) < 4.78 is 0.802. The van der Waals surface area contributed by atoms with Gasteiger partial charge in [-0.3, -0.25) is 25.0 Å². The predicted octanol–water partition coefficient (Wildman–Crippen LogP) is 3.26. The lowest BCUT2D eigenvalue weighted by Gasteiger charge is -2.24. The van der Waals surface area contributed by atoms with Crippen LogP contribution in [-0.2, 0) is 21.4 Å². The second kappa shape index (κ2) is 12.5. The van der Waals surface area contributed by atoms with Crippen molar-refractivity contribution in [2.45, 2.75) is 58.3 Å². The van der Waals surface area contributed by atoms with Crippen LogP contribution in [-0.4, -0.2) is 48.8 Å². The van der Waals surface area contributed by atoms with Gasteiger partial charge in [0.1, 0.15) is 6.29 Å². The van der Waals surface area contributed by atoms with Crippen molar-refractivity contribution in [2.75, 3.05) is 25.0 Å². The van der Waals surface area contributed by atoms with Crippen molar-refractivity contribution < 1.29 is 19.5 Å². The molecule has 0 spiro atoms. The molecule has 2 aromatic rings. The fourth-order valence-electron chi connectivity index (χ4n) is 4.07. The molecule has 0 bridgehead atoms. The minimum atomic E-state index is -1.03. The minimum Gasteiger partial charge on any atom is -0.481 e. The van der Waals surface area contributed by atoms with Gasteiger partial charge in [0.2, 0.25) is 5.91 Å². The molecule has 1 aliphatic heterocycles. The first kappa shape index (κ1) is 28.6. The van der Waals surface area contributed by atoms with Crippen molar-refractivity contribution >= 4 is 39.4 Å². The van der Waals surface area contributed by atoms with E-state index in [4.69, 9.17) is 0 Å². The van der Waals surface area contributed by atoms with E-state index in [2.05, 4.69) is 63.3 Å². The van der Waals surface area contributed by atoms with Gasteiger partial charge in [0.25, 0.3) is 5.91 Å². The van der Waals surface area contributed by atoms with Gasteiger partial charge in [0.15, 0.2) is 0 Å². The first-order chi connectivity index (χ1) is 17.4. The largest absolute Gasteiger partial charge is 0.481 e. The number of carbonyl (C=O) groups is 3. The number of rotatable bonds is 10. The topological polar surface area (TPSA) is 132 Å². The van der Waals surface area contributed by atoms with Gasteiger partial charge in [-0.05, 0) is 58.9 Å². The van der Waals surface area contributed by atoms with Crippen LogP contribution in [0, 0.1) is 0 Å². The fourth-order valence-corrected chi connectivity index (χ4v) is 4.58. The van der Waals surface area contributed by atoms with Crippen LogP contribution in [0.1, 0.15) is 67.2 Å². The van der Waals surface area contributed by atoms with Gasteiger partial charge >= 0.3 is 5.97 Å². The third-order valence-electron chi connectivity index (χ3n) is 6.11. The van der Waals surface area contributed by atoms with E-state index in [9.17, 15) is 19.5 Å². The number of carboxylic acid groups (broad SMARTS) is 1. The van der Waals surface area contributed by atoms with Crippen LogP contribution in [0.3, 0.4) is 0 Å². The molecule has 1 fully saturated rings. The summed E-state index contributed by atoms with van der Waals surface area (Å²) >= 11 is 3.50. The van der Waals surface area contributed by atoms with Gasteiger partial charge < -0.3 is 21.1 Å². The molecule has 0 radical (unpaired) electrons. The van der Waals surface area contributed by atoms with Gasteiger partial charge in [-0.1, -0.05) is 49.7 Å². The Labute approximate surface area is 226 Å². The summed E-state index contributed by atoms with van der Waals surface area (Å²) in [6.07, 6.45) is 0.398. The highest BCUT2D eigenvalue weighted by atomic mass is 79.9. The van der Waals surface area contributed by atoms with Crippen LogP contribution < -0.4 is 26.6 Å². The molecule has 37 heavy (non-hydrogen) atoms. The maximum Gasteiger partial charge on any atom is 0.305 e. The number of halogens is 1. The van der Waals surface area contributed by atoms with Crippen molar-refractivity contribution in [1.82, 2.24) is 21.3 Å². The predicted molar refractivity (Wildman–Crippen MR) is 148 cm³/mol. The Morgan fingerprint density at radius 1 is 1.08 bits per heavy atom.